The summed E-state index contributed by atoms with van der Waals surface area (Å²) in [6, 6.07) is 3.99. The normalized spacial score (nSPS) is 23.0. The molecular formula is C10H6BrClN2O4. The second-order valence-electron chi connectivity index (χ2n) is 3.69. The molecule has 0 radical (unpaired) electrons. The monoisotopic (exact) mass is 332 g/mol. The maximum Gasteiger partial charge on any atom is 0.274 e. The third-order valence-corrected chi connectivity index (χ3v) is 3.78. The molecule has 18 heavy (non-hydrogen) atoms. The number of carbonyl (C=O) groups excluding carboxylic acids is 2. The van der Waals surface area contributed by atoms with Gasteiger partial charge in [-0.05, 0) is 12.1 Å². The van der Waals surface area contributed by atoms with Crippen molar-refractivity contribution in [2.24, 2.45) is 0 Å². The van der Waals surface area contributed by atoms with E-state index >= 15 is 0 Å². The predicted octanol–water partition coefficient (Wildman–Crippen LogP) is 1.75. The number of benzene rings is 1. The Morgan fingerprint density at radius 1 is 1.33 bits per heavy atom. The van der Waals surface area contributed by atoms with Gasteiger partial charge in [0.15, 0.2) is 0 Å². The largest absolute Gasteiger partial charge is 0.295 e. The van der Waals surface area contributed by atoms with Gasteiger partial charge < -0.3 is 0 Å². The van der Waals surface area contributed by atoms with E-state index in [0.29, 0.717) is 0 Å². The molecule has 1 saturated heterocycles. The summed E-state index contributed by atoms with van der Waals surface area (Å²) >= 11 is 8.75. The lowest BCUT2D eigenvalue weighted by atomic mass is 9.96. The van der Waals surface area contributed by atoms with E-state index in [9.17, 15) is 19.7 Å². The number of nitro benzene ring substituents is 1. The Kier molecular flexibility index (Phi) is 3.36. The van der Waals surface area contributed by atoms with Crippen LogP contribution in [0.5, 0.6) is 0 Å². The summed E-state index contributed by atoms with van der Waals surface area (Å²) in [4.78, 5) is 32.5. The number of nitrogens with zero attached hydrogens (tertiary/aromatic N) is 1. The summed E-state index contributed by atoms with van der Waals surface area (Å²) in [7, 11) is 0. The highest BCUT2D eigenvalue weighted by Crippen LogP contribution is 2.36. The molecule has 2 amide bonds. The molecule has 94 valence electrons. The molecule has 2 atom stereocenters. The molecule has 1 aromatic rings. The van der Waals surface area contributed by atoms with Gasteiger partial charge in [-0.25, -0.2) is 0 Å². The van der Waals surface area contributed by atoms with Crippen LogP contribution < -0.4 is 5.32 Å². The predicted molar refractivity (Wildman–Crippen MR) is 66.7 cm³/mol. The number of rotatable bonds is 2. The summed E-state index contributed by atoms with van der Waals surface area (Å²) in [5, 5.41) is 13.3. The lowest BCUT2D eigenvalue weighted by Gasteiger charge is -2.10. The van der Waals surface area contributed by atoms with Crippen molar-refractivity contribution < 1.29 is 14.5 Å². The highest BCUT2D eigenvalue weighted by Gasteiger charge is 2.43. The minimum Gasteiger partial charge on any atom is -0.295 e. The molecule has 1 aliphatic heterocycles. The van der Waals surface area contributed by atoms with Crippen LogP contribution in [0.15, 0.2) is 18.2 Å². The van der Waals surface area contributed by atoms with Crippen LogP contribution in [-0.4, -0.2) is 21.6 Å². The van der Waals surface area contributed by atoms with Crippen LogP contribution >= 0.6 is 27.5 Å². The van der Waals surface area contributed by atoms with Gasteiger partial charge in [0, 0.05) is 16.7 Å². The zero-order valence-electron chi connectivity index (χ0n) is 8.72. The Bertz CT molecular complexity index is 563. The number of amides is 2. The van der Waals surface area contributed by atoms with E-state index in [2.05, 4.69) is 21.2 Å². The van der Waals surface area contributed by atoms with Crippen LogP contribution in [0.3, 0.4) is 0 Å². The number of hydrogen-bond acceptors (Lipinski definition) is 4. The lowest BCUT2D eigenvalue weighted by molar-refractivity contribution is -0.385. The molecule has 0 bridgehead atoms. The lowest BCUT2D eigenvalue weighted by Crippen LogP contribution is -2.22. The molecule has 1 N–H and O–H groups in total. The van der Waals surface area contributed by atoms with Crippen molar-refractivity contribution in [2.45, 2.75) is 10.7 Å². The van der Waals surface area contributed by atoms with Crippen molar-refractivity contribution >= 4 is 45.0 Å². The highest BCUT2D eigenvalue weighted by atomic mass is 79.9. The fourth-order valence-electron chi connectivity index (χ4n) is 1.79. The third kappa shape index (κ3) is 2.11. The van der Waals surface area contributed by atoms with E-state index in [1.54, 1.807) is 0 Å². The minimum atomic E-state index is -0.921. The fourth-order valence-corrected chi connectivity index (χ4v) is 2.59. The van der Waals surface area contributed by atoms with Gasteiger partial charge in [0.05, 0.1) is 10.8 Å². The van der Waals surface area contributed by atoms with E-state index in [0.717, 1.165) is 6.07 Å². The molecule has 1 fully saturated rings. The van der Waals surface area contributed by atoms with Gasteiger partial charge in [0.1, 0.15) is 4.83 Å². The average molecular weight is 334 g/mol. The van der Waals surface area contributed by atoms with Crippen molar-refractivity contribution in [3.05, 3.63) is 38.9 Å². The molecule has 1 aromatic carbocycles. The molecule has 0 spiro atoms. The Hall–Kier alpha value is -1.47. The Morgan fingerprint density at radius 3 is 2.50 bits per heavy atom. The molecule has 0 saturated carbocycles. The Balaban J connectivity index is 2.54. The summed E-state index contributed by atoms with van der Waals surface area (Å²) in [5.41, 5.74) is -0.114. The van der Waals surface area contributed by atoms with E-state index in [1.807, 2.05) is 0 Å². The maximum atomic E-state index is 11.6. The number of alkyl halides is 1. The van der Waals surface area contributed by atoms with Gasteiger partial charge in [-0.15, -0.1) is 0 Å². The molecule has 0 aromatic heterocycles. The zero-order valence-corrected chi connectivity index (χ0v) is 11.1. The van der Waals surface area contributed by atoms with E-state index in [1.165, 1.54) is 12.1 Å². The third-order valence-electron chi connectivity index (χ3n) is 2.60. The first-order chi connectivity index (χ1) is 8.41. The molecule has 1 aliphatic rings. The fraction of sp³-hybridized carbons (Fsp3) is 0.200. The number of halogens is 2. The number of nitro groups is 1. The van der Waals surface area contributed by atoms with Gasteiger partial charge >= 0.3 is 0 Å². The van der Waals surface area contributed by atoms with Crippen LogP contribution in [0.4, 0.5) is 5.69 Å². The number of nitrogens with one attached hydrogen (secondary N) is 1. The molecule has 8 heteroatoms. The SMILES string of the molecule is O=C1NC(=O)C(c2ccc(Cl)cc2[N+](=O)[O-])C1Br. The standard InChI is InChI=1S/C10H6BrClN2O4/c11-8-7(9(15)13-10(8)16)5-2-1-4(12)3-6(5)14(17)18/h1-3,7-8H,(H,13,15,16). The molecule has 1 heterocycles. The average Bonchev–Trinajstić information content (AvgIpc) is 2.54. The topological polar surface area (TPSA) is 89.3 Å². The van der Waals surface area contributed by atoms with Gasteiger partial charge in [0.2, 0.25) is 11.8 Å². The van der Waals surface area contributed by atoms with Crippen molar-refractivity contribution in [2.75, 3.05) is 0 Å². The van der Waals surface area contributed by atoms with Crippen LogP contribution in [-0.2, 0) is 9.59 Å². The quantitative estimate of drug-likeness (QED) is 0.386. The van der Waals surface area contributed by atoms with Gasteiger partial charge in [-0.3, -0.25) is 25.0 Å². The van der Waals surface area contributed by atoms with Crippen LogP contribution in [0.2, 0.25) is 5.02 Å². The first-order valence-corrected chi connectivity index (χ1v) is 6.14. The second kappa shape index (κ2) is 4.66. The minimum absolute atomic E-state index is 0.162. The van der Waals surface area contributed by atoms with E-state index < -0.39 is 27.5 Å². The van der Waals surface area contributed by atoms with Crippen molar-refractivity contribution in [1.82, 2.24) is 5.32 Å². The zero-order chi connectivity index (χ0) is 13.4. The summed E-state index contributed by atoms with van der Waals surface area (Å²) in [6.45, 7) is 0. The Labute approximate surface area is 115 Å². The molecule has 6 nitrogen and oxygen atoms in total. The first-order valence-electron chi connectivity index (χ1n) is 4.84. The van der Waals surface area contributed by atoms with Crippen molar-refractivity contribution in [3.63, 3.8) is 0 Å². The van der Waals surface area contributed by atoms with Crippen molar-refractivity contribution in [3.8, 4) is 0 Å². The highest BCUT2D eigenvalue weighted by molar-refractivity contribution is 9.10. The van der Waals surface area contributed by atoms with Crippen LogP contribution in [0.25, 0.3) is 0 Å². The van der Waals surface area contributed by atoms with E-state index in [4.69, 9.17) is 11.6 Å². The summed E-state index contributed by atoms with van der Waals surface area (Å²) in [5.74, 6) is -1.99. The first kappa shape index (κ1) is 13.0. The summed E-state index contributed by atoms with van der Waals surface area (Å²) < 4.78 is 0. The maximum absolute atomic E-state index is 11.6. The number of hydrogen-bond donors (Lipinski definition) is 1. The number of carbonyl (C=O) groups is 2. The molecule has 2 unspecified atom stereocenters. The molecule has 0 aliphatic carbocycles. The van der Waals surface area contributed by atoms with E-state index in [-0.39, 0.29) is 16.3 Å². The molecular weight excluding hydrogens is 327 g/mol. The second-order valence-corrected chi connectivity index (χ2v) is 5.12. The van der Waals surface area contributed by atoms with Crippen molar-refractivity contribution in [1.29, 1.82) is 0 Å². The summed E-state index contributed by atoms with van der Waals surface area (Å²) in [6.07, 6.45) is 0. The van der Waals surface area contributed by atoms with Gasteiger partial charge in [-0.2, -0.15) is 0 Å². The number of imide groups is 1. The van der Waals surface area contributed by atoms with Gasteiger partial charge in [0.25, 0.3) is 5.69 Å². The van der Waals surface area contributed by atoms with Crippen LogP contribution in [0, 0.1) is 10.1 Å². The van der Waals surface area contributed by atoms with Crippen LogP contribution in [0.1, 0.15) is 11.5 Å². The van der Waals surface area contributed by atoms with Gasteiger partial charge in [-0.1, -0.05) is 27.5 Å². The Morgan fingerprint density at radius 2 is 2.00 bits per heavy atom. The molecule has 2 rings (SSSR count). The smallest absolute Gasteiger partial charge is 0.274 e.